The standard InChI is InChI=1S/C10H13F3O3/c1-4-6-16-9(7(14)15-5-2)8(3,11)10(9,12)13/h4H,1,5-6H2,2-3H3. The predicted molar refractivity (Wildman–Crippen MR) is 50.0 cm³/mol. The van der Waals surface area contributed by atoms with E-state index in [1.54, 1.807) is 0 Å². The lowest BCUT2D eigenvalue weighted by Crippen LogP contribution is -2.37. The highest BCUT2D eigenvalue weighted by Gasteiger charge is 2.98. The second-order valence-electron chi connectivity index (χ2n) is 3.58. The Morgan fingerprint density at radius 3 is 2.25 bits per heavy atom. The molecule has 0 aromatic rings. The smallest absolute Gasteiger partial charge is 0.348 e. The number of rotatable bonds is 5. The summed E-state index contributed by atoms with van der Waals surface area (Å²) in [6.07, 6.45) is 1.16. The Morgan fingerprint density at radius 1 is 1.44 bits per heavy atom. The summed E-state index contributed by atoms with van der Waals surface area (Å²) in [4.78, 5) is 11.4. The Balaban J connectivity index is 2.98. The molecule has 1 aliphatic carbocycles. The fraction of sp³-hybridized carbons (Fsp3) is 0.700. The first-order valence-corrected chi connectivity index (χ1v) is 4.78. The molecular formula is C10H13F3O3. The summed E-state index contributed by atoms with van der Waals surface area (Å²) < 4.78 is 49.2. The van der Waals surface area contributed by atoms with E-state index in [9.17, 15) is 18.0 Å². The maximum absolute atomic E-state index is 13.6. The number of alkyl halides is 3. The average Bonchev–Trinajstić information content (AvgIpc) is 2.52. The predicted octanol–water partition coefficient (Wildman–Crippen LogP) is 1.87. The third-order valence-electron chi connectivity index (χ3n) is 2.61. The van der Waals surface area contributed by atoms with Crippen molar-refractivity contribution in [3.05, 3.63) is 12.7 Å². The first-order valence-electron chi connectivity index (χ1n) is 4.78. The second-order valence-corrected chi connectivity index (χ2v) is 3.58. The van der Waals surface area contributed by atoms with Gasteiger partial charge in [-0.3, -0.25) is 0 Å². The van der Waals surface area contributed by atoms with E-state index in [-0.39, 0.29) is 13.2 Å². The minimum atomic E-state index is -3.88. The molecule has 2 unspecified atom stereocenters. The van der Waals surface area contributed by atoms with Crippen LogP contribution in [0.1, 0.15) is 13.8 Å². The lowest BCUT2D eigenvalue weighted by atomic mass is 10.2. The molecule has 0 aromatic carbocycles. The summed E-state index contributed by atoms with van der Waals surface area (Å²) in [6, 6.07) is 0. The highest BCUT2D eigenvalue weighted by Crippen LogP contribution is 2.67. The number of esters is 1. The molecule has 0 aromatic heterocycles. The SMILES string of the molecule is C=CCOC1(C(=O)OCC)C(C)(F)C1(F)F. The van der Waals surface area contributed by atoms with E-state index < -0.39 is 23.2 Å². The fourth-order valence-corrected chi connectivity index (χ4v) is 1.58. The van der Waals surface area contributed by atoms with Crippen LogP contribution in [0.5, 0.6) is 0 Å². The van der Waals surface area contributed by atoms with Crippen LogP contribution < -0.4 is 0 Å². The van der Waals surface area contributed by atoms with E-state index >= 15 is 0 Å². The molecule has 0 saturated heterocycles. The molecule has 92 valence electrons. The van der Waals surface area contributed by atoms with Gasteiger partial charge in [-0.1, -0.05) is 6.08 Å². The van der Waals surface area contributed by atoms with Gasteiger partial charge in [0.15, 0.2) is 0 Å². The molecule has 0 spiro atoms. The molecule has 0 amide bonds. The zero-order chi connectivity index (χ0) is 12.6. The summed E-state index contributed by atoms with van der Waals surface area (Å²) >= 11 is 0. The van der Waals surface area contributed by atoms with Gasteiger partial charge in [0.2, 0.25) is 5.67 Å². The molecule has 3 nitrogen and oxygen atoms in total. The fourth-order valence-electron chi connectivity index (χ4n) is 1.58. The summed E-state index contributed by atoms with van der Waals surface area (Å²) in [5.74, 6) is -5.26. The van der Waals surface area contributed by atoms with Crippen LogP contribution in [0.2, 0.25) is 0 Å². The zero-order valence-electron chi connectivity index (χ0n) is 9.06. The maximum atomic E-state index is 13.6. The number of ether oxygens (including phenoxy) is 2. The topological polar surface area (TPSA) is 35.5 Å². The Kier molecular flexibility index (Phi) is 3.06. The van der Waals surface area contributed by atoms with Crippen molar-refractivity contribution in [1.29, 1.82) is 0 Å². The van der Waals surface area contributed by atoms with E-state index in [0.717, 1.165) is 6.08 Å². The van der Waals surface area contributed by atoms with Gasteiger partial charge in [-0.15, -0.1) is 6.58 Å². The highest BCUT2D eigenvalue weighted by molar-refractivity contribution is 5.89. The van der Waals surface area contributed by atoms with E-state index in [2.05, 4.69) is 16.1 Å². The summed E-state index contributed by atoms with van der Waals surface area (Å²) in [7, 11) is 0. The van der Waals surface area contributed by atoms with Crippen LogP contribution >= 0.6 is 0 Å². The monoisotopic (exact) mass is 238 g/mol. The van der Waals surface area contributed by atoms with Gasteiger partial charge in [0.25, 0.3) is 5.60 Å². The molecule has 1 saturated carbocycles. The van der Waals surface area contributed by atoms with E-state index in [4.69, 9.17) is 0 Å². The second kappa shape index (κ2) is 3.76. The van der Waals surface area contributed by atoms with Crippen LogP contribution in [0.25, 0.3) is 0 Å². The van der Waals surface area contributed by atoms with Crippen molar-refractivity contribution < 1.29 is 27.4 Å². The molecule has 16 heavy (non-hydrogen) atoms. The van der Waals surface area contributed by atoms with Gasteiger partial charge in [-0.25, -0.2) is 9.18 Å². The van der Waals surface area contributed by atoms with Crippen molar-refractivity contribution in [2.45, 2.75) is 31.0 Å². The maximum Gasteiger partial charge on any atom is 0.348 e. The quantitative estimate of drug-likeness (QED) is 0.541. The first kappa shape index (κ1) is 13.0. The normalized spacial score (nSPS) is 35.6. The first-order chi connectivity index (χ1) is 7.29. The number of hydrogen-bond donors (Lipinski definition) is 0. The Bertz CT molecular complexity index is 298. The molecule has 0 bridgehead atoms. The van der Waals surface area contributed by atoms with Crippen molar-refractivity contribution in [2.24, 2.45) is 0 Å². The van der Waals surface area contributed by atoms with Crippen LogP contribution in [0.15, 0.2) is 12.7 Å². The van der Waals surface area contributed by atoms with Crippen molar-refractivity contribution >= 4 is 5.97 Å². The van der Waals surface area contributed by atoms with Crippen LogP contribution in [0.3, 0.4) is 0 Å². The highest BCUT2D eigenvalue weighted by atomic mass is 19.3. The van der Waals surface area contributed by atoms with Crippen LogP contribution in [0, 0.1) is 0 Å². The lowest BCUT2D eigenvalue weighted by Gasteiger charge is -2.14. The molecular weight excluding hydrogens is 225 g/mol. The largest absolute Gasteiger partial charge is 0.464 e. The summed E-state index contributed by atoms with van der Waals surface area (Å²) in [6.45, 7) is 4.83. The minimum absolute atomic E-state index is 0.121. The number of carbonyl (C=O) groups excluding carboxylic acids is 1. The number of hydrogen-bond acceptors (Lipinski definition) is 3. The van der Waals surface area contributed by atoms with Crippen LogP contribution in [-0.2, 0) is 14.3 Å². The minimum Gasteiger partial charge on any atom is -0.464 e. The molecule has 1 fully saturated rings. The summed E-state index contributed by atoms with van der Waals surface area (Å²) in [5.41, 5.74) is -5.88. The Labute approximate surface area is 91.2 Å². The van der Waals surface area contributed by atoms with Gasteiger partial charge in [-0.05, 0) is 13.8 Å². The lowest BCUT2D eigenvalue weighted by molar-refractivity contribution is -0.168. The van der Waals surface area contributed by atoms with Gasteiger partial charge < -0.3 is 9.47 Å². The summed E-state index contributed by atoms with van der Waals surface area (Å²) in [5, 5.41) is 0. The molecule has 0 heterocycles. The van der Waals surface area contributed by atoms with Gasteiger partial charge in [0, 0.05) is 0 Å². The molecule has 2 atom stereocenters. The van der Waals surface area contributed by atoms with Crippen molar-refractivity contribution in [2.75, 3.05) is 13.2 Å². The van der Waals surface area contributed by atoms with E-state index in [1.165, 1.54) is 6.92 Å². The van der Waals surface area contributed by atoms with Crippen molar-refractivity contribution in [3.8, 4) is 0 Å². The number of halogens is 3. The Hall–Kier alpha value is -1.04. The third-order valence-corrected chi connectivity index (χ3v) is 2.61. The van der Waals surface area contributed by atoms with Gasteiger partial charge in [0.05, 0.1) is 13.2 Å². The van der Waals surface area contributed by atoms with Gasteiger partial charge in [0.1, 0.15) is 0 Å². The number of carbonyl (C=O) groups is 1. The van der Waals surface area contributed by atoms with Gasteiger partial charge >= 0.3 is 11.9 Å². The third kappa shape index (κ3) is 1.29. The molecule has 0 N–H and O–H groups in total. The van der Waals surface area contributed by atoms with E-state index in [0.29, 0.717) is 6.92 Å². The molecule has 1 aliphatic rings. The van der Waals surface area contributed by atoms with E-state index in [1.807, 2.05) is 0 Å². The Morgan fingerprint density at radius 2 is 1.94 bits per heavy atom. The van der Waals surface area contributed by atoms with Crippen LogP contribution in [-0.4, -0.2) is 36.4 Å². The zero-order valence-corrected chi connectivity index (χ0v) is 9.06. The molecule has 0 radical (unpaired) electrons. The van der Waals surface area contributed by atoms with Crippen molar-refractivity contribution in [3.63, 3.8) is 0 Å². The molecule has 1 rings (SSSR count). The average molecular weight is 238 g/mol. The van der Waals surface area contributed by atoms with Gasteiger partial charge in [-0.2, -0.15) is 8.78 Å². The van der Waals surface area contributed by atoms with Crippen molar-refractivity contribution in [1.82, 2.24) is 0 Å². The molecule has 0 aliphatic heterocycles. The van der Waals surface area contributed by atoms with Crippen LogP contribution in [0.4, 0.5) is 13.2 Å². The molecule has 6 heteroatoms.